The summed E-state index contributed by atoms with van der Waals surface area (Å²) in [6, 6.07) is 1.03. The normalized spacial score (nSPS) is 12.7. The summed E-state index contributed by atoms with van der Waals surface area (Å²) < 4.78 is 13.7. The Morgan fingerprint density at radius 3 is 2.79 bits per heavy atom. The van der Waals surface area contributed by atoms with E-state index in [1.165, 1.54) is 6.07 Å². The number of aromatic nitrogens is 4. The molecule has 0 unspecified atom stereocenters. The Morgan fingerprint density at radius 1 is 1.38 bits per heavy atom. The quantitative estimate of drug-likeness (QED) is 0.517. The standard InChI is InChI=1S/C21H24FN5O2/c1-5-6-12-9-23-20(15-11-25-19-14(15)7-13(22)10-24-19)27-18(12)26-16(8-17(28)29)21(2,3)4/h5,7,9-11,16H,1,6,8H2,2-4H3,(H,24,25)(H,28,29)(H,23,26,27)/t16-/m1/s1. The molecule has 0 saturated heterocycles. The third-order valence-corrected chi connectivity index (χ3v) is 4.70. The molecule has 0 aromatic carbocycles. The predicted molar refractivity (Wildman–Crippen MR) is 110 cm³/mol. The molecular weight excluding hydrogens is 373 g/mol. The molecule has 8 heteroatoms. The summed E-state index contributed by atoms with van der Waals surface area (Å²) in [4.78, 5) is 27.4. The highest BCUT2D eigenvalue weighted by atomic mass is 19.1. The van der Waals surface area contributed by atoms with Crippen LogP contribution in [0.25, 0.3) is 22.4 Å². The van der Waals surface area contributed by atoms with Gasteiger partial charge in [0.15, 0.2) is 5.82 Å². The van der Waals surface area contributed by atoms with Crippen LogP contribution >= 0.6 is 0 Å². The number of rotatable bonds is 7. The van der Waals surface area contributed by atoms with Gasteiger partial charge < -0.3 is 15.4 Å². The van der Waals surface area contributed by atoms with E-state index in [1.807, 2.05) is 20.8 Å². The number of allylic oxidation sites excluding steroid dienone is 1. The minimum atomic E-state index is -0.893. The minimum Gasteiger partial charge on any atom is -0.481 e. The summed E-state index contributed by atoms with van der Waals surface area (Å²) in [7, 11) is 0. The van der Waals surface area contributed by atoms with E-state index in [9.17, 15) is 14.3 Å². The third kappa shape index (κ3) is 4.59. The number of carboxylic acid groups (broad SMARTS) is 1. The van der Waals surface area contributed by atoms with Gasteiger partial charge in [0.2, 0.25) is 0 Å². The molecule has 0 aliphatic rings. The largest absolute Gasteiger partial charge is 0.481 e. The summed E-state index contributed by atoms with van der Waals surface area (Å²) in [5.41, 5.74) is 1.63. The van der Waals surface area contributed by atoms with Crippen molar-refractivity contribution < 1.29 is 14.3 Å². The Kier molecular flexibility index (Phi) is 5.63. The van der Waals surface area contributed by atoms with E-state index in [4.69, 9.17) is 0 Å². The number of carbonyl (C=O) groups is 1. The van der Waals surface area contributed by atoms with Crippen molar-refractivity contribution >= 4 is 22.8 Å². The maximum absolute atomic E-state index is 13.7. The molecule has 3 rings (SSSR count). The number of anilines is 1. The van der Waals surface area contributed by atoms with Crippen molar-refractivity contribution in [1.82, 2.24) is 19.9 Å². The number of halogens is 1. The molecule has 152 valence electrons. The zero-order valence-corrected chi connectivity index (χ0v) is 16.7. The first-order valence-electron chi connectivity index (χ1n) is 9.27. The molecule has 0 radical (unpaired) electrons. The topological polar surface area (TPSA) is 104 Å². The highest BCUT2D eigenvalue weighted by Gasteiger charge is 2.28. The lowest BCUT2D eigenvalue weighted by Crippen LogP contribution is -2.36. The number of pyridine rings is 1. The lowest BCUT2D eigenvalue weighted by molar-refractivity contribution is -0.137. The van der Waals surface area contributed by atoms with Gasteiger partial charge in [-0.1, -0.05) is 26.8 Å². The van der Waals surface area contributed by atoms with E-state index in [0.717, 1.165) is 11.8 Å². The van der Waals surface area contributed by atoms with E-state index in [-0.39, 0.29) is 17.9 Å². The highest BCUT2D eigenvalue weighted by molar-refractivity contribution is 5.91. The van der Waals surface area contributed by atoms with E-state index in [1.54, 1.807) is 18.5 Å². The highest BCUT2D eigenvalue weighted by Crippen LogP contribution is 2.30. The number of aromatic amines is 1. The summed E-state index contributed by atoms with van der Waals surface area (Å²) in [6.45, 7) is 9.67. The maximum atomic E-state index is 13.7. The molecule has 0 amide bonds. The number of fused-ring (bicyclic) bond motifs is 1. The maximum Gasteiger partial charge on any atom is 0.305 e. The van der Waals surface area contributed by atoms with Crippen molar-refractivity contribution in [3.05, 3.63) is 48.7 Å². The zero-order chi connectivity index (χ0) is 21.2. The van der Waals surface area contributed by atoms with Gasteiger partial charge in [0, 0.05) is 34.9 Å². The van der Waals surface area contributed by atoms with Gasteiger partial charge in [0.05, 0.1) is 12.6 Å². The SMILES string of the molecule is C=CCc1cnc(-c2c[nH]c3ncc(F)cc23)nc1N[C@H](CC(=O)O)C(C)(C)C. The van der Waals surface area contributed by atoms with E-state index in [2.05, 4.69) is 31.8 Å². The van der Waals surface area contributed by atoms with Gasteiger partial charge in [-0.05, 0) is 17.9 Å². The van der Waals surface area contributed by atoms with Crippen LogP contribution < -0.4 is 5.32 Å². The first kappa shape index (κ1) is 20.4. The van der Waals surface area contributed by atoms with Crippen molar-refractivity contribution in [3.8, 4) is 11.4 Å². The van der Waals surface area contributed by atoms with Gasteiger partial charge in [0.1, 0.15) is 17.3 Å². The fourth-order valence-electron chi connectivity index (χ4n) is 3.04. The molecule has 3 aromatic heterocycles. The summed E-state index contributed by atoms with van der Waals surface area (Å²) >= 11 is 0. The fraction of sp³-hybridized carbons (Fsp3) is 0.333. The predicted octanol–water partition coefficient (Wildman–Crippen LogP) is 4.19. The van der Waals surface area contributed by atoms with Gasteiger partial charge in [-0.2, -0.15) is 0 Å². The van der Waals surface area contributed by atoms with Gasteiger partial charge >= 0.3 is 5.97 Å². The molecule has 7 nitrogen and oxygen atoms in total. The second kappa shape index (κ2) is 7.98. The monoisotopic (exact) mass is 397 g/mol. The summed E-state index contributed by atoms with van der Waals surface area (Å²) in [5, 5.41) is 13.2. The molecule has 3 N–H and O–H groups in total. The molecular formula is C21H24FN5O2. The number of nitrogens with zero attached hydrogens (tertiary/aromatic N) is 3. The van der Waals surface area contributed by atoms with Crippen LogP contribution in [0.2, 0.25) is 0 Å². The molecule has 0 aliphatic carbocycles. The Morgan fingerprint density at radius 2 is 2.14 bits per heavy atom. The van der Waals surface area contributed by atoms with Gasteiger partial charge in [-0.15, -0.1) is 6.58 Å². The lowest BCUT2D eigenvalue weighted by atomic mass is 9.84. The van der Waals surface area contributed by atoms with Crippen molar-refractivity contribution in [2.45, 2.75) is 39.7 Å². The lowest BCUT2D eigenvalue weighted by Gasteiger charge is -2.31. The van der Waals surface area contributed by atoms with Crippen LogP contribution in [0.5, 0.6) is 0 Å². The number of H-pyrrole nitrogens is 1. The van der Waals surface area contributed by atoms with Crippen molar-refractivity contribution in [2.75, 3.05) is 5.32 Å². The van der Waals surface area contributed by atoms with Crippen molar-refractivity contribution in [3.63, 3.8) is 0 Å². The molecule has 3 aromatic rings. The number of aliphatic carboxylic acids is 1. The van der Waals surface area contributed by atoms with Crippen LogP contribution in [-0.2, 0) is 11.2 Å². The van der Waals surface area contributed by atoms with Gasteiger partial charge in [-0.25, -0.2) is 19.3 Å². The summed E-state index contributed by atoms with van der Waals surface area (Å²) in [6.07, 6.45) is 6.71. The second-order valence-electron chi connectivity index (χ2n) is 7.97. The van der Waals surface area contributed by atoms with Crippen LogP contribution in [0.3, 0.4) is 0 Å². The van der Waals surface area contributed by atoms with Crippen LogP contribution in [0, 0.1) is 11.2 Å². The number of carboxylic acids is 1. The van der Waals surface area contributed by atoms with Gasteiger partial charge in [-0.3, -0.25) is 4.79 Å². The van der Waals surface area contributed by atoms with E-state index in [0.29, 0.717) is 34.7 Å². The second-order valence-corrected chi connectivity index (χ2v) is 7.97. The van der Waals surface area contributed by atoms with Crippen LogP contribution in [0.15, 0.2) is 37.3 Å². The molecule has 3 heterocycles. The zero-order valence-electron chi connectivity index (χ0n) is 16.7. The first-order valence-corrected chi connectivity index (χ1v) is 9.27. The average molecular weight is 397 g/mol. The summed E-state index contributed by atoms with van der Waals surface area (Å²) in [5.74, 6) is -0.416. The Balaban J connectivity index is 2.06. The van der Waals surface area contributed by atoms with Crippen molar-refractivity contribution in [1.29, 1.82) is 0 Å². The Hall–Kier alpha value is -3.29. The van der Waals surface area contributed by atoms with E-state index >= 15 is 0 Å². The molecule has 0 saturated carbocycles. The molecule has 0 bridgehead atoms. The minimum absolute atomic E-state index is 0.0570. The van der Waals surface area contributed by atoms with Crippen molar-refractivity contribution in [2.24, 2.45) is 5.41 Å². The first-order chi connectivity index (χ1) is 13.7. The molecule has 0 spiro atoms. The molecule has 0 aliphatic heterocycles. The van der Waals surface area contributed by atoms with E-state index < -0.39 is 11.8 Å². The fourth-order valence-corrected chi connectivity index (χ4v) is 3.04. The number of hydrogen-bond acceptors (Lipinski definition) is 5. The molecule has 0 fully saturated rings. The average Bonchev–Trinajstić information content (AvgIpc) is 3.04. The third-order valence-electron chi connectivity index (χ3n) is 4.70. The van der Waals surface area contributed by atoms with Gasteiger partial charge in [0.25, 0.3) is 0 Å². The Labute approximate surface area is 168 Å². The number of nitrogens with one attached hydrogen (secondary N) is 2. The Bertz CT molecular complexity index is 1050. The van der Waals surface area contributed by atoms with Crippen LogP contribution in [0.1, 0.15) is 32.8 Å². The van der Waals surface area contributed by atoms with Crippen LogP contribution in [0.4, 0.5) is 10.2 Å². The smallest absolute Gasteiger partial charge is 0.305 e. The molecule has 29 heavy (non-hydrogen) atoms. The van der Waals surface area contributed by atoms with Crippen LogP contribution in [-0.4, -0.2) is 37.1 Å². The number of hydrogen-bond donors (Lipinski definition) is 3. The molecule has 1 atom stereocenters.